The second kappa shape index (κ2) is 7.72. The van der Waals surface area contributed by atoms with E-state index in [0.717, 1.165) is 32.5 Å². The molecule has 0 aliphatic carbocycles. The summed E-state index contributed by atoms with van der Waals surface area (Å²) in [5, 5.41) is 9.03. The van der Waals surface area contributed by atoms with Crippen LogP contribution in [0.3, 0.4) is 0 Å². The molecule has 4 aromatic rings. The highest BCUT2D eigenvalue weighted by Gasteiger charge is 2.11. The molecule has 27 heavy (non-hydrogen) atoms. The molecular formula is C20H16Cl2N4S. The molecule has 0 saturated carbocycles. The van der Waals surface area contributed by atoms with Crippen molar-refractivity contribution in [2.45, 2.75) is 6.92 Å². The van der Waals surface area contributed by atoms with Crippen molar-refractivity contribution in [1.29, 1.82) is 0 Å². The Hall–Kier alpha value is -2.34. The Morgan fingerprint density at radius 3 is 2.85 bits per heavy atom. The second-order valence-electron chi connectivity index (χ2n) is 5.85. The topological polar surface area (TPSA) is 45.4 Å². The lowest BCUT2D eigenvalue weighted by Gasteiger charge is -2.06. The molecule has 2 aromatic heterocycles. The third kappa shape index (κ3) is 3.58. The van der Waals surface area contributed by atoms with Crippen LogP contribution < -0.4 is 4.80 Å². The normalized spacial score (nSPS) is 12.5. The number of H-pyrrole nitrogens is 1. The van der Waals surface area contributed by atoms with Crippen LogP contribution in [-0.2, 0) is 0 Å². The molecule has 136 valence electrons. The van der Waals surface area contributed by atoms with E-state index >= 15 is 0 Å². The van der Waals surface area contributed by atoms with Crippen molar-refractivity contribution in [1.82, 2.24) is 9.66 Å². The molecule has 7 heteroatoms. The number of hydrogen-bond donors (Lipinski definition) is 1. The second-order valence-corrected chi connectivity index (χ2v) is 7.53. The maximum absolute atomic E-state index is 6.42. The minimum absolute atomic E-state index is 0.583. The van der Waals surface area contributed by atoms with E-state index in [1.54, 1.807) is 6.07 Å². The van der Waals surface area contributed by atoms with Crippen LogP contribution in [-0.4, -0.2) is 22.4 Å². The Balaban J connectivity index is 1.84. The van der Waals surface area contributed by atoms with Crippen molar-refractivity contribution >= 4 is 51.7 Å². The molecule has 0 amide bonds. The minimum Gasteiger partial charge on any atom is -0.361 e. The first-order chi connectivity index (χ1) is 13.2. The Morgan fingerprint density at radius 2 is 2.04 bits per heavy atom. The Labute approximate surface area is 170 Å². The van der Waals surface area contributed by atoms with Gasteiger partial charge in [-0.05, 0) is 31.2 Å². The summed E-state index contributed by atoms with van der Waals surface area (Å²) in [7, 11) is 0. The van der Waals surface area contributed by atoms with Crippen molar-refractivity contribution in [2.75, 3.05) is 6.54 Å². The van der Waals surface area contributed by atoms with Gasteiger partial charge in [-0.3, -0.25) is 4.99 Å². The van der Waals surface area contributed by atoms with Gasteiger partial charge in [-0.2, -0.15) is 5.10 Å². The highest BCUT2D eigenvalue weighted by Crippen LogP contribution is 2.30. The first-order valence-electron chi connectivity index (χ1n) is 8.44. The number of rotatable bonds is 4. The Kier molecular flexibility index (Phi) is 5.16. The average molecular weight is 415 g/mol. The summed E-state index contributed by atoms with van der Waals surface area (Å²) < 4.78 is 1.82. The van der Waals surface area contributed by atoms with E-state index in [9.17, 15) is 0 Å². The SMILES string of the molecule is CCN=c1scc(-c2ccc(Cl)cc2Cl)n1N=Cc1c[nH]c2ccccc12. The average Bonchev–Trinajstić information content (AvgIpc) is 3.25. The first kappa shape index (κ1) is 18.0. The first-order valence-corrected chi connectivity index (χ1v) is 10.1. The summed E-state index contributed by atoms with van der Waals surface area (Å²) in [6, 6.07) is 13.6. The predicted molar refractivity (Wildman–Crippen MR) is 115 cm³/mol. The number of benzene rings is 2. The Bertz CT molecular complexity index is 1200. The lowest BCUT2D eigenvalue weighted by molar-refractivity contribution is 0.833. The Morgan fingerprint density at radius 1 is 1.19 bits per heavy atom. The van der Waals surface area contributed by atoms with Crippen LogP contribution in [0.5, 0.6) is 0 Å². The number of nitrogens with zero attached hydrogens (tertiary/aromatic N) is 3. The number of thiazole rings is 1. The van der Waals surface area contributed by atoms with Crippen molar-refractivity contribution in [3.8, 4) is 11.3 Å². The zero-order valence-electron chi connectivity index (χ0n) is 14.5. The van der Waals surface area contributed by atoms with Crippen molar-refractivity contribution < 1.29 is 0 Å². The third-order valence-electron chi connectivity index (χ3n) is 4.12. The van der Waals surface area contributed by atoms with Crippen LogP contribution >= 0.6 is 34.5 Å². The number of para-hydroxylation sites is 1. The lowest BCUT2D eigenvalue weighted by Crippen LogP contribution is -2.12. The number of aromatic nitrogens is 2. The molecule has 0 saturated heterocycles. The number of hydrogen-bond acceptors (Lipinski definition) is 3. The van der Waals surface area contributed by atoms with E-state index in [1.165, 1.54) is 11.3 Å². The van der Waals surface area contributed by atoms with Gasteiger partial charge in [0.1, 0.15) is 0 Å². The van der Waals surface area contributed by atoms with Gasteiger partial charge in [0, 0.05) is 45.2 Å². The van der Waals surface area contributed by atoms with Crippen LogP contribution in [0, 0.1) is 0 Å². The molecular weight excluding hydrogens is 399 g/mol. The van der Waals surface area contributed by atoms with E-state index in [0.29, 0.717) is 16.6 Å². The largest absolute Gasteiger partial charge is 0.361 e. The van der Waals surface area contributed by atoms with Gasteiger partial charge < -0.3 is 4.98 Å². The predicted octanol–water partition coefficient (Wildman–Crippen LogP) is 5.81. The molecule has 0 spiro atoms. The molecule has 0 radical (unpaired) electrons. The summed E-state index contributed by atoms with van der Waals surface area (Å²) in [5.41, 5.74) is 3.84. The van der Waals surface area contributed by atoms with E-state index < -0.39 is 0 Å². The fourth-order valence-corrected chi connectivity index (χ4v) is 4.26. The van der Waals surface area contributed by atoms with Crippen LogP contribution in [0.4, 0.5) is 0 Å². The summed E-state index contributed by atoms with van der Waals surface area (Å²) in [6.45, 7) is 2.68. The maximum Gasteiger partial charge on any atom is 0.206 e. The van der Waals surface area contributed by atoms with Gasteiger partial charge in [0.25, 0.3) is 0 Å². The minimum atomic E-state index is 0.583. The van der Waals surface area contributed by atoms with Crippen LogP contribution in [0.25, 0.3) is 22.2 Å². The van der Waals surface area contributed by atoms with Crippen molar-refractivity contribution in [2.24, 2.45) is 10.1 Å². The van der Waals surface area contributed by atoms with Gasteiger partial charge in [0.15, 0.2) is 0 Å². The molecule has 0 atom stereocenters. The summed E-state index contributed by atoms with van der Waals surface area (Å²) in [5.74, 6) is 0. The quantitative estimate of drug-likeness (QED) is 0.409. The number of halogens is 2. The zero-order valence-corrected chi connectivity index (χ0v) is 16.8. The molecule has 4 rings (SSSR count). The van der Waals surface area contributed by atoms with Crippen molar-refractivity contribution in [3.05, 3.63) is 74.5 Å². The summed E-state index contributed by atoms with van der Waals surface area (Å²) in [4.78, 5) is 8.63. The highest BCUT2D eigenvalue weighted by atomic mass is 35.5. The summed E-state index contributed by atoms with van der Waals surface area (Å²) >= 11 is 14.0. The molecule has 0 aliphatic heterocycles. The molecule has 0 aliphatic rings. The standard InChI is InChI=1S/C20H16Cl2N4S/c1-2-23-20-26(19(12-27-20)16-8-7-14(21)9-17(16)22)25-11-13-10-24-18-6-4-3-5-15(13)18/h3-12,24H,2H2,1H3. The molecule has 4 nitrogen and oxygen atoms in total. The van der Waals surface area contributed by atoms with E-state index in [-0.39, 0.29) is 0 Å². The van der Waals surface area contributed by atoms with Gasteiger partial charge in [0.2, 0.25) is 4.80 Å². The monoisotopic (exact) mass is 414 g/mol. The highest BCUT2D eigenvalue weighted by molar-refractivity contribution is 7.07. The number of nitrogens with one attached hydrogen (secondary N) is 1. The molecule has 0 fully saturated rings. The third-order valence-corrected chi connectivity index (χ3v) is 5.52. The van der Waals surface area contributed by atoms with E-state index in [2.05, 4.69) is 16.0 Å². The molecule has 2 aromatic carbocycles. The molecule has 0 bridgehead atoms. The van der Waals surface area contributed by atoms with E-state index in [4.69, 9.17) is 28.3 Å². The van der Waals surface area contributed by atoms with Gasteiger partial charge in [-0.15, -0.1) is 11.3 Å². The number of aromatic amines is 1. The van der Waals surface area contributed by atoms with Crippen LogP contribution in [0.1, 0.15) is 12.5 Å². The fourth-order valence-electron chi connectivity index (χ4n) is 2.86. The summed E-state index contributed by atoms with van der Waals surface area (Å²) in [6.07, 6.45) is 3.79. The van der Waals surface area contributed by atoms with Gasteiger partial charge in [-0.25, -0.2) is 4.68 Å². The van der Waals surface area contributed by atoms with E-state index in [1.807, 2.05) is 59.7 Å². The smallest absolute Gasteiger partial charge is 0.206 e. The van der Waals surface area contributed by atoms with Crippen LogP contribution in [0.15, 0.2) is 64.1 Å². The molecule has 2 heterocycles. The zero-order chi connectivity index (χ0) is 18.8. The van der Waals surface area contributed by atoms with Gasteiger partial charge in [0.05, 0.1) is 16.9 Å². The van der Waals surface area contributed by atoms with Gasteiger partial charge >= 0.3 is 0 Å². The van der Waals surface area contributed by atoms with Crippen molar-refractivity contribution in [3.63, 3.8) is 0 Å². The molecule has 0 unspecified atom stereocenters. The lowest BCUT2D eigenvalue weighted by atomic mass is 10.2. The fraction of sp³-hybridized carbons (Fsp3) is 0.100. The maximum atomic E-state index is 6.42. The van der Waals surface area contributed by atoms with Gasteiger partial charge in [-0.1, -0.05) is 41.4 Å². The molecule has 1 N–H and O–H groups in total. The number of fused-ring (bicyclic) bond motifs is 1. The van der Waals surface area contributed by atoms with Crippen LogP contribution in [0.2, 0.25) is 10.0 Å².